The fraction of sp³-hybridized carbons (Fsp3) is 0.722. The Morgan fingerprint density at radius 2 is 2.08 bits per heavy atom. The lowest BCUT2D eigenvalue weighted by Gasteiger charge is -2.51. The molecule has 1 atom stereocenters. The molecule has 7 nitrogen and oxygen atoms in total. The SMILES string of the molecule is Cc1cc(C(=O)N2CCC3(CC2)OCC(=O)N(CC2CC2)C3C)no1. The number of piperidine rings is 1. The summed E-state index contributed by atoms with van der Waals surface area (Å²) in [6, 6.07) is 1.73. The molecule has 0 radical (unpaired) electrons. The lowest BCUT2D eigenvalue weighted by Crippen LogP contribution is -2.64. The molecular formula is C18H25N3O4. The number of aryl methyl sites for hydroxylation is 1. The summed E-state index contributed by atoms with van der Waals surface area (Å²) >= 11 is 0. The molecule has 7 heteroatoms. The number of nitrogens with zero attached hydrogens (tertiary/aromatic N) is 3. The Balaban J connectivity index is 1.42. The van der Waals surface area contributed by atoms with Crippen molar-refractivity contribution >= 4 is 11.8 Å². The van der Waals surface area contributed by atoms with Crippen molar-refractivity contribution in [1.82, 2.24) is 15.0 Å². The molecule has 2 aliphatic heterocycles. The molecule has 1 saturated carbocycles. The third kappa shape index (κ3) is 3.05. The molecule has 4 rings (SSSR count). The Hall–Kier alpha value is -1.89. The van der Waals surface area contributed by atoms with E-state index in [1.54, 1.807) is 17.9 Å². The van der Waals surface area contributed by atoms with Crippen molar-refractivity contribution in [2.45, 2.75) is 51.2 Å². The van der Waals surface area contributed by atoms with Crippen LogP contribution in [0.15, 0.2) is 10.6 Å². The standard InChI is InChI=1S/C18H25N3O4/c1-12-9-15(19-25-12)17(23)20-7-5-18(6-8-20)13(2)21(10-14-3-4-14)16(22)11-24-18/h9,13-14H,3-8,10-11H2,1-2H3. The van der Waals surface area contributed by atoms with Gasteiger partial charge < -0.3 is 19.1 Å². The molecule has 0 aromatic carbocycles. The second-order valence-electron chi connectivity index (χ2n) is 7.63. The molecule has 2 amide bonds. The summed E-state index contributed by atoms with van der Waals surface area (Å²) in [5.41, 5.74) is 0.0240. The average molecular weight is 347 g/mol. The van der Waals surface area contributed by atoms with Gasteiger partial charge in [0, 0.05) is 25.7 Å². The van der Waals surface area contributed by atoms with Gasteiger partial charge in [-0.1, -0.05) is 5.16 Å². The lowest BCUT2D eigenvalue weighted by atomic mass is 9.82. The first-order chi connectivity index (χ1) is 12.0. The zero-order chi connectivity index (χ0) is 17.6. The van der Waals surface area contributed by atoms with Crippen molar-refractivity contribution < 1.29 is 18.8 Å². The molecular weight excluding hydrogens is 322 g/mol. The van der Waals surface area contributed by atoms with Crippen LogP contribution in [0.2, 0.25) is 0 Å². The maximum atomic E-state index is 12.5. The highest BCUT2D eigenvalue weighted by atomic mass is 16.5. The third-order valence-electron chi connectivity index (χ3n) is 5.93. The number of aromatic nitrogens is 1. The number of carbonyl (C=O) groups excluding carboxylic acids is 2. The van der Waals surface area contributed by atoms with Gasteiger partial charge in [0.25, 0.3) is 5.91 Å². The maximum absolute atomic E-state index is 12.5. The Morgan fingerprint density at radius 1 is 1.36 bits per heavy atom. The van der Waals surface area contributed by atoms with Crippen LogP contribution < -0.4 is 0 Å². The van der Waals surface area contributed by atoms with Crippen LogP contribution in [-0.2, 0) is 9.53 Å². The van der Waals surface area contributed by atoms with Crippen LogP contribution in [0.3, 0.4) is 0 Å². The summed E-state index contributed by atoms with van der Waals surface area (Å²) in [7, 11) is 0. The van der Waals surface area contributed by atoms with Crippen molar-refractivity contribution in [3.8, 4) is 0 Å². The van der Waals surface area contributed by atoms with Crippen molar-refractivity contribution in [3.63, 3.8) is 0 Å². The first-order valence-electron chi connectivity index (χ1n) is 9.14. The minimum absolute atomic E-state index is 0.0564. The Labute approximate surface area is 147 Å². The third-order valence-corrected chi connectivity index (χ3v) is 5.93. The maximum Gasteiger partial charge on any atom is 0.276 e. The van der Waals surface area contributed by atoms with Crippen LogP contribution in [0.4, 0.5) is 0 Å². The molecule has 2 saturated heterocycles. The molecule has 1 aromatic rings. The fourth-order valence-corrected chi connectivity index (χ4v) is 4.03. The van der Waals surface area contributed by atoms with E-state index in [9.17, 15) is 9.59 Å². The van der Waals surface area contributed by atoms with E-state index < -0.39 is 0 Å². The predicted molar refractivity (Wildman–Crippen MR) is 89.0 cm³/mol. The van der Waals surface area contributed by atoms with Crippen LogP contribution in [0, 0.1) is 12.8 Å². The van der Waals surface area contributed by atoms with Crippen LogP contribution in [0.5, 0.6) is 0 Å². The number of carbonyl (C=O) groups is 2. The summed E-state index contributed by atoms with van der Waals surface area (Å²) < 4.78 is 11.0. The number of amides is 2. The summed E-state index contributed by atoms with van der Waals surface area (Å²) in [6.45, 7) is 6.11. The van der Waals surface area contributed by atoms with Gasteiger partial charge in [0.05, 0.1) is 11.6 Å². The van der Waals surface area contributed by atoms with Gasteiger partial charge in [0.2, 0.25) is 5.91 Å². The predicted octanol–water partition coefficient (Wildman–Crippen LogP) is 1.62. The Bertz CT molecular complexity index is 674. The smallest absolute Gasteiger partial charge is 0.276 e. The molecule has 0 N–H and O–H groups in total. The largest absolute Gasteiger partial charge is 0.363 e. The minimum atomic E-state index is -0.334. The number of morpholine rings is 1. The van der Waals surface area contributed by atoms with Crippen molar-refractivity contribution in [2.75, 3.05) is 26.2 Å². The van der Waals surface area contributed by atoms with Gasteiger partial charge in [-0.15, -0.1) is 0 Å². The highest BCUT2D eigenvalue weighted by Gasteiger charge is 2.49. The van der Waals surface area contributed by atoms with Gasteiger partial charge in [-0.2, -0.15) is 0 Å². The van der Waals surface area contributed by atoms with E-state index in [1.165, 1.54) is 12.8 Å². The van der Waals surface area contributed by atoms with E-state index in [0.29, 0.717) is 30.5 Å². The highest BCUT2D eigenvalue weighted by molar-refractivity contribution is 5.92. The fourth-order valence-electron chi connectivity index (χ4n) is 4.03. The number of hydrogen-bond acceptors (Lipinski definition) is 5. The van der Waals surface area contributed by atoms with Crippen LogP contribution >= 0.6 is 0 Å². The first kappa shape index (κ1) is 16.6. The van der Waals surface area contributed by atoms with Crippen molar-refractivity contribution in [1.29, 1.82) is 0 Å². The van der Waals surface area contributed by atoms with Gasteiger partial charge in [-0.25, -0.2) is 0 Å². The van der Waals surface area contributed by atoms with E-state index in [-0.39, 0.29) is 30.1 Å². The van der Waals surface area contributed by atoms with Crippen LogP contribution in [0.25, 0.3) is 0 Å². The molecule has 3 heterocycles. The second-order valence-corrected chi connectivity index (χ2v) is 7.63. The number of ether oxygens (including phenoxy) is 1. The summed E-state index contributed by atoms with van der Waals surface area (Å²) in [4.78, 5) is 28.6. The first-order valence-corrected chi connectivity index (χ1v) is 9.14. The second kappa shape index (κ2) is 6.12. The zero-order valence-corrected chi connectivity index (χ0v) is 14.9. The molecule has 1 unspecified atom stereocenters. The van der Waals surface area contributed by atoms with Crippen LogP contribution in [-0.4, -0.2) is 64.7 Å². The highest BCUT2D eigenvalue weighted by Crippen LogP contribution is 2.38. The Morgan fingerprint density at radius 3 is 2.68 bits per heavy atom. The summed E-state index contributed by atoms with van der Waals surface area (Å²) in [6.07, 6.45) is 3.93. The van der Waals surface area contributed by atoms with Gasteiger partial charge >= 0.3 is 0 Å². The number of hydrogen-bond donors (Lipinski definition) is 0. The van der Waals surface area contributed by atoms with Crippen molar-refractivity contribution in [3.05, 3.63) is 17.5 Å². The van der Waals surface area contributed by atoms with E-state index in [2.05, 4.69) is 12.1 Å². The quantitative estimate of drug-likeness (QED) is 0.830. The minimum Gasteiger partial charge on any atom is -0.363 e. The monoisotopic (exact) mass is 347 g/mol. The molecule has 1 aliphatic carbocycles. The topological polar surface area (TPSA) is 75.9 Å². The van der Waals surface area contributed by atoms with E-state index in [1.807, 2.05) is 4.90 Å². The van der Waals surface area contributed by atoms with E-state index in [0.717, 1.165) is 19.4 Å². The van der Waals surface area contributed by atoms with Crippen molar-refractivity contribution in [2.24, 2.45) is 5.92 Å². The Kier molecular flexibility index (Phi) is 4.06. The molecule has 3 fully saturated rings. The van der Waals surface area contributed by atoms with Gasteiger partial charge in [-0.05, 0) is 45.4 Å². The zero-order valence-electron chi connectivity index (χ0n) is 14.9. The van der Waals surface area contributed by atoms with E-state index >= 15 is 0 Å². The lowest BCUT2D eigenvalue weighted by molar-refractivity contribution is -0.185. The molecule has 0 bridgehead atoms. The van der Waals surface area contributed by atoms with Gasteiger partial charge in [-0.3, -0.25) is 9.59 Å². The van der Waals surface area contributed by atoms with E-state index in [4.69, 9.17) is 9.26 Å². The number of likely N-dealkylation sites (tertiary alicyclic amines) is 1. The average Bonchev–Trinajstić information content (AvgIpc) is 3.34. The van der Waals surface area contributed by atoms with Gasteiger partial charge in [0.15, 0.2) is 5.69 Å². The summed E-state index contributed by atoms with van der Waals surface area (Å²) in [5, 5.41) is 3.82. The molecule has 136 valence electrons. The number of rotatable bonds is 3. The molecule has 1 spiro atoms. The normalized spacial score (nSPS) is 26.3. The summed E-state index contributed by atoms with van der Waals surface area (Å²) in [5.74, 6) is 1.30. The molecule has 1 aromatic heterocycles. The molecule has 3 aliphatic rings. The molecule has 25 heavy (non-hydrogen) atoms. The van der Waals surface area contributed by atoms with Crippen LogP contribution in [0.1, 0.15) is 48.9 Å². The van der Waals surface area contributed by atoms with Gasteiger partial charge in [0.1, 0.15) is 12.4 Å².